The van der Waals surface area contributed by atoms with Crippen molar-refractivity contribution in [1.82, 2.24) is 20.3 Å². The standard InChI is InChI=1S/C10H13F3N4OS/c11-10(12,13)7-2-1-3-17(5-7)9(18)6-19-8-4-14-16-15-8/h4,7H,1-3,5-6H2,(H,14,15,16)/t7-/m0/s1. The lowest BCUT2D eigenvalue weighted by Crippen LogP contribution is -2.45. The molecule has 106 valence electrons. The number of alkyl halides is 3. The number of aromatic amines is 1. The van der Waals surface area contributed by atoms with Crippen LogP contribution >= 0.6 is 11.8 Å². The third kappa shape index (κ3) is 3.85. The number of amides is 1. The summed E-state index contributed by atoms with van der Waals surface area (Å²) in [5, 5.41) is 10.3. The molecule has 1 aromatic rings. The van der Waals surface area contributed by atoms with Gasteiger partial charge in [0, 0.05) is 13.1 Å². The van der Waals surface area contributed by atoms with Crippen LogP contribution in [0.25, 0.3) is 0 Å². The number of carbonyl (C=O) groups is 1. The zero-order valence-corrected chi connectivity index (χ0v) is 10.8. The lowest BCUT2D eigenvalue weighted by Gasteiger charge is -2.33. The number of halogens is 3. The highest BCUT2D eigenvalue weighted by atomic mass is 32.2. The summed E-state index contributed by atoms with van der Waals surface area (Å²) in [5.74, 6) is -1.61. The molecule has 1 fully saturated rings. The van der Waals surface area contributed by atoms with Crippen molar-refractivity contribution >= 4 is 17.7 Å². The molecule has 2 heterocycles. The van der Waals surface area contributed by atoms with Crippen molar-refractivity contribution in [1.29, 1.82) is 0 Å². The minimum absolute atomic E-state index is 0.0805. The highest BCUT2D eigenvalue weighted by molar-refractivity contribution is 7.99. The smallest absolute Gasteiger partial charge is 0.341 e. The summed E-state index contributed by atoms with van der Waals surface area (Å²) in [4.78, 5) is 13.1. The molecule has 1 aliphatic rings. The number of likely N-dealkylation sites (tertiary alicyclic amines) is 1. The Labute approximate surface area is 111 Å². The molecule has 1 atom stereocenters. The summed E-state index contributed by atoms with van der Waals surface area (Å²) < 4.78 is 37.9. The van der Waals surface area contributed by atoms with Crippen molar-refractivity contribution in [3.63, 3.8) is 0 Å². The van der Waals surface area contributed by atoms with Crippen molar-refractivity contribution in [2.24, 2.45) is 5.92 Å². The molecule has 19 heavy (non-hydrogen) atoms. The van der Waals surface area contributed by atoms with Crippen LogP contribution in [0.3, 0.4) is 0 Å². The normalized spacial score (nSPS) is 20.6. The molecule has 0 bridgehead atoms. The number of hydrogen-bond donors (Lipinski definition) is 1. The lowest BCUT2D eigenvalue weighted by molar-refractivity contribution is -0.187. The van der Waals surface area contributed by atoms with Gasteiger partial charge in [-0.25, -0.2) is 0 Å². The fourth-order valence-corrected chi connectivity index (χ4v) is 2.65. The predicted octanol–water partition coefficient (Wildman–Crippen LogP) is 1.70. The number of nitrogens with zero attached hydrogens (tertiary/aromatic N) is 3. The summed E-state index contributed by atoms with van der Waals surface area (Å²) in [6.07, 6.45) is -2.26. The molecule has 2 rings (SSSR count). The van der Waals surface area contributed by atoms with E-state index in [9.17, 15) is 18.0 Å². The molecule has 1 amide bonds. The predicted molar refractivity (Wildman–Crippen MR) is 62.5 cm³/mol. The molecule has 0 radical (unpaired) electrons. The maximum atomic E-state index is 12.6. The van der Waals surface area contributed by atoms with Crippen LogP contribution in [0.15, 0.2) is 11.2 Å². The molecule has 0 aromatic carbocycles. The minimum Gasteiger partial charge on any atom is -0.341 e. The average molecular weight is 294 g/mol. The molecule has 0 spiro atoms. The van der Waals surface area contributed by atoms with Crippen LogP contribution in [-0.4, -0.2) is 51.2 Å². The SMILES string of the molecule is O=C(CSc1cn[nH]n1)N1CCC[C@H](C(F)(F)F)C1. The molecule has 5 nitrogen and oxygen atoms in total. The number of thioether (sulfide) groups is 1. The van der Waals surface area contributed by atoms with Gasteiger partial charge in [0.1, 0.15) is 5.03 Å². The third-order valence-corrected chi connectivity index (χ3v) is 3.86. The van der Waals surface area contributed by atoms with Gasteiger partial charge in [-0.2, -0.15) is 23.5 Å². The number of rotatable bonds is 3. The second-order valence-electron chi connectivity index (χ2n) is 4.32. The maximum absolute atomic E-state index is 12.6. The summed E-state index contributed by atoms with van der Waals surface area (Å²) in [6.45, 7) is 0.159. The Hall–Kier alpha value is -1.25. The van der Waals surface area contributed by atoms with E-state index in [0.29, 0.717) is 18.0 Å². The molecule has 9 heteroatoms. The Kier molecular flexibility index (Phi) is 4.33. The minimum atomic E-state index is -4.22. The van der Waals surface area contributed by atoms with E-state index < -0.39 is 12.1 Å². The van der Waals surface area contributed by atoms with E-state index in [-0.39, 0.29) is 24.6 Å². The lowest BCUT2D eigenvalue weighted by atomic mass is 9.97. The Balaban J connectivity index is 1.85. The molecule has 1 N–H and O–H groups in total. The summed E-state index contributed by atoms with van der Waals surface area (Å²) in [6, 6.07) is 0. The maximum Gasteiger partial charge on any atom is 0.393 e. The van der Waals surface area contributed by atoms with Gasteiger partial charge < -0.3 is 4.90 Å². The fraction of sp³-hybridized carbons (Fsp3) is 0.700. The van der Waals surface area contributed by atoms with Crippen LogP contribution in [0.4, 0.5) is 13.2 Å². The topological polar surface area (TPSA) is 61.9 Å². The van der Waals surface area contributed by atoms with Crippen molar-refractivity contribution in [2.45, 2.75) is 24.0 Å². The number of H-pyrrole nitrogens is 1. The van der Waals surface area contributed by atoms with Crippen molar-refractivity contribution < 1.29 is 18.0 Å². The van der Waals surface area contributed by atoms with Gasteiger partial charge >= 0.3 is 6.18 Å². The Morgan fingerprint density at radius 1 is 1.58 bits per heavy atom. The first-order valence-corrected chi connectivity index (χ1v) is 6.78. The largest absolute Gasteiger partial charge is 0.393 e. The Bertz CT molecular complexity index is 423. The fourth-order valence-electron chi connectivity index (χ4n) is 1.96. The Morgan fingerprint density at radius 2 is 2.37 bits per heavy atom. The number of aromatic nitrogens is 3. The molecular weight excluding hydrogens is 281 g/mol. The summed E-state index contributed by atoms with van der Waals surface area (Å²) >= 11 is 1.16. The first kappa shape index (κ1) is 14.2. The van der Waals surface area contributed by atoms with E-state index in [2.05, 4.69) is 15.4 Å². The molecule has 1 aromatic heterocycles. The second-order valence-corrected chi connectivity index (χ2v) is 5.31. The average Bonchev–Trinajstić information content (AvgIpc) is 2.88. The molecular formula is C10H13F3N4OS. The summed E-state index contributed by atoms with van der Waals surface area (Å²) in [5.41, 5.74) is 0. The highest BCUT2D eigenvalue weighted by Crippen LogP contribution is 2.33. The number of nitrogens with one attached hydrogen (secondary N) is 1. The van der Waals surface area contributed by atoms with Crippen LogP contribution in [-0.2, 0) is 4.79 Å². The van der Waals surface area contributed by atoms with E-state index in [1.165, 1.54) is 11.1 Å². The van der Waals surface area contributed by atoms with Gasteiger partial charge in [0.15, 0.2) is 0 Å². The number of piperidine rings is 1. The molecule has 0 unspecified atom stereocenters. The highest BCUT2D eigenvalue weighted by Gasteiger charge is 2.42. The first-order chi connectivity index (χ1) is 8.97. The van der Waals surface area contributed by atoms with Gasteiger partial charge in [-0.15, -0.1) is 5.10 Å². The third-order valence-electron chi connectivity index (χ3n) is 2.97. The van der Waals surface area contributed by atoms with Crippen molar-refractivity contribution in [3.05, 3.63) is 6.20 Å². The van der Waals surface area contributed by atoms with Gasteiger partial charge in [-0.05, 0) is 12.8 Å². The zero-order valence-electron chi connectivity index (χ0n) is 9.98. The van der Waals surface area contributed by atoms with Crippen molar-refractivity contribution in [3.8, 4) is 0 Å². The van der Waals surface area contributed by atoms with Gasteiger partial charge in [-0.1, -0.05) is 11.8 Å². The van der Waals surface area contributed by atoms with Gasteiger partial charge in [-0.3, -0.25) is 4.79 Å². The van der Waals surface area contributed by atoms with E-state index >= 15 is 0 Å². The van der Waals surface area contributed by atoms with Crippen LogP contribution in [0.5, 0.6) is 0 Å². The van der Waals surface area contributed by atoms with Crippen LogP contribution < -0.4 is 0 Å². The molecule has 0 aliphatic carbocycles. The quantitative estimate of drug-likeness (QED) is 0.862. The number of hydrogen-bond acceptors (Lipinski definition) is 4. The molecule has 1 aliphatic heterocycles. The molecule has 1 saturated heterocycles. The van der Waals surface area contributed by atoms with E-state index in [1.807, 2.05) is 0 Å². The van der Waals surface area contributed by atoms with E-state index in [4.69, 9.17) is 0 Å². The van der Waals surface area contributed by atoms with Gasteiger partial charge in [0.25, 0.3) is 0 Å². The summed E-state index contributed by atoms with van der Waals surface area (Å²) in [7, 11) is 0. The molecule has 0 saturated carbocycles. The number of carbonyl (C=O) groups excluding carboxylic acids is 1. The zero-order chi connectivity index (χ0) is 13.9. The van der Waals surface area contributed by atoms with E-state index in [1.54, 1.807) is 0 Å². The first-order valence-electron chi connectivity index (χ1n) is 5.80. The van der Waals surface area contributed by atoms with Gasteiger partial charge in [0.05, 0.1) is 17.9 Å². The second kappa shape index (κ2) is 5.81. The van der Waals surface area contributed by atoms with Crippen LogP contribution in [0, 0.1) is 5.92 Å². The monoisotopic (exact) mass is 294 g/mol. The van der Waals surface area contributed by atoms with Crippen molar-refractivity contribution in [2.75, 3.05) is 18.8 Å². The van der Waals surface area contributed by atoms with Crippen LogP contribution in [0.1, 0.15) is 12.8 Å². The van der Waals surface area contributed by atoms with Crippen LogP contribution in [0.2, 0.25) is 0 Å². The Morgan fingerprint density at radius 3 is 3.00 bits per heavy atom. The van der Waals surface area contributed by atoms with Gasteiger partial charge in [0.2, 0.25) is 5.91 Å². The van der Waals surface area contributed by atoms with E-state index in [0.717, 1.165) is 11.8 Å².